The number of amides is 1. The van der Waals surface area contributed by atoms with Crippen LogP contribution in [0, 0.1) is 5.41 Å². The van der Waals surface area contributed by atoms with E-state index in [1.165, 1.54) is 16.8 Å². The Morgan fingerprint density at radius 2 is 1.97 bits per heavy atom. The third-order valence-electron chi connectivity index (χ3n) is 5.34. The van der Waals surface area contributed by atoms with Gasteiger partial charge in [0.1, 0.15) is 17.4 Å². The second-order valence-corrected chi connectivity index (χ2v) is 8.89. The number of hydrazone groups is 1. The molecule has 0 saturated carbocycles. The van der Waals surface area contributed by atoms with Crippen LogP contribution in [0.4, 0.5) is 0 Å². The molecule has 0 saturated heterocycles. The van der Waals surface area contributed by atoms with E-state index >= 15 is 0 Å². The molecule has 33 heavy (non-hydrogen) atoms. The van der Waals surface area contributed by atoms with Gasteiger partial charge in [-0.1, -0.05) is 48.9 Å². The van der Waals surface area contributed by atoms with Crippen molar-refractivity contribution in [2.75, 3.05) is 6.61 Å². The van der Waals surface area contributed by atoms with Crippen LogP contribution in [0.5, 0.6) is 5.75 Å². The van der Waals surface area contributed by atoms with Crippen molar-refractivity contribution >= 4 is 62.3 Å². The summed E-state index contributed by atoms with van der Waals surface area (Å²) in [6.07, 6.45) is 4.42. The van der Waals surface area contributed by atoms with Gasteiger partial charge in [0.15, 0.2) is 5.84 Å². The number of amidine groups is 2. The second-order valence-electron chi connectivity index (χ2n) is 7.44. The molecule has 3 aromatic rings. The number of carbonyl (C=O) groups excluding carboxylic acids is 1. The van der Waals surface area contributed by atoms with E-state index in [1.54, 1.807) is 12.1 Å². The van der Waals surface area contributed by atoms with Crippen LogP contribution in [0.1, 0.15) is 18.9 Å². The molecule has 1 N–H and O–H groups in total. The number of carbonyl (C=O) groups is 1. The molecule has 166 valence electrons. The maximum Gasteiger partial charge on any atom is 0.283 e. The molecule has 7 nitrogen and oxygen atoms in total. The summed E-state index contributed by atoms with van der Waals surface area (Å²) in [4.78, 5) is 16.9. The van der Waals surface area contributed by atoms with Crippen LogP contribution in [0.2, 0.25) is 5.02 Å². The summed E-state index contributed by atoms with van der Waals surface area (Å²) >= 11 is 7.52. The Balaban J connectivity index is 1.44. The average molecular weight is 478 g/mol. The van der Waals surface area contributed by atoms with Crippen molar-refractivity contribution < 1.29 is 9.53 Å². The lowest BCUT2D eigenvalue weighted by atomic mass is 10.1. The lowest BCUT2D eigenvalue weighted by Gasteiger charge is -2.20. The number of fused-ring (bicyclic) bond motifs is 2. The Labute approximate surface area is 199 Å². The van der Waals surface area contributed by atoms with Crippen molar-refractivity contribution in [3.63, 3.8) is 0 Å². The molecule has 0 fully saturated rings. The summed E-state index contributed by atoms with van der Waals surface area (Å²) < 4.78 is 7.93. The summed E-state index contributed by atoms with van der Waals surface area (Å²) in [6.45, 7) is 3.01. The fourth-order valence-corrected chi connectivity index (χ4v) is 4.74. The van der Waals surface area contributed by atoms with Gasteiger partial charge < -0.3 is 9.30 Å². The Morgan fingerprint density at radius 3 is 2.79 bits per heavy atom. The largest absolute Gasteiger partial charge is 0.490 e. The summed E-state index contributed by atoms with van der Waals surface area (Å²) in [6, 6.07) is 15.3. The number of halogens is 1. The molecular formula is C24H20ClN5O2S. The van der Waals surface area contributed by atoms with Gasteiger partial charge in [-0.15, -0.1) is 0 Å². The molecule has 0 atom stereocenters. The van der Waals surface area contributed by atoms with Crippen molar-refractivity contribution in [3.8, 4) is 5.75 Å². The minimum Gasteiger partial charge on any atom is -0.490 e. The molecule has 0 bridgehead atoms. The number of rotatable bonds is 6. The maximum absolute atomic E-state index is 12.7. The summed E-state index contributed by atoms with van der Waals surface area (Å²) in [5.74, 6) is 0.258. The summed E-state index contributed by atoms with van der Waals surface area (Å²) in [5, 5.41) is 17.2. The number of para-hydroxylation sites is 2. The lowest BCUT2D eigenvalue weighted by molar-refractivity contribution is -0.114. The smallest absolute Gasteiger partial charge is 0.283 e. The number of hydrogen-bond acceptors (Lipinski definition) is 5. The van der Waals surface area contributed by atoms with Crippen LogP contribution in [0.3, 0.4) is 0 Å². The highest BCUT2D eigenvalue weighted by molar-refractivity contribution is 8.26. The zero-order valence-corrected chi connectivity index (χ0v) is 19.4. The normalized spacial score (nSPS) is 16.9. The minimum atomic E-state index is -0.426. The van der Waals surface area contributed by atoms with Gasteiger partial charge in [0.05, 0.1) is 17.1 Å². The van der Waals surface area contributed by atoms with Gasteiger partial charge in [0, 0.05) is 22.7 Å². The van der Waals surface area contributed by atoms with Gasteiger partial charge in [-0.3, -0.25) is 10.2 Å². The first-order valence-electron chi connectivity index (χ1n) is 10.5. The first-order valence-corrected chi connectivity index (χ1v) is 11.7. The number of aromatic nitrogens is 1. The SMILES string of the molecule is CCC1=NN2C(=N)/C(=C\c3cn(CCOc4ccccc4Cl)c4ccccc34)C(=O)N=C2S1. The highest BCUT2D eigenvalue weighted by atomic mass is 35.5. The molecule has 1 aromatic heterocycles. The van der Waals surface area contributed by atoms with Crippen molar-refractivity contribution in [2.45, 2.75) is 19.9 Å². The molecule has 5 rings (SSSR count). The molecule has 2 aromatic carbocycles. The van der Waals surface area contributed by atoms with Gasteiger partial charge in [0.2, 0.25) is 5.17 Å². The summed E-state index contributed by atoms with van der Waals surface area (Å²) in [5.41, 5.74) is 2.06. The predicted molar refractivity (Wildman–Crippen MR) is 134 cm³/mol. The zero-order chi connectivity index (χ0) is 22.9. The van der Waals surface area contributed by atoms with Crippen LogP contribution >= 0.6 is 23.4 Å². The predicted octanol–water partition coefficient (Wildman–Crippen LogP) is 5.40. The maximum atomic E-state index is 12.7. The highest BCUT2D eigenvalue weighted by Gasteiger charge is 2.35. The molecule has 3 heterocycles. The Bertz CT molecular complexity index is 1370. The topological polar surface area (TPSA) is 83.0 Å². The number of hydrogen-bond donors (Lipinski definition) is 1. The number of benzene rings is 2. The number of thioether (sulfide) groups is 1. The van der Waals surface area contributed by atoms with Crippen molar-refractivity contribution in [1.82, 2.24) is 9.58 Å². The van der Waals surface area contributed by atoms with E-state index in [4.69, 9.17) is 21.7 Å². The van der Waals surface area contributed by atoms with Gasteiger partial charge in [-0.25, -0.2) is 0 Å². The third-order valence-corrected chi connectivity index (χ3v) is 6.71. The lowest BCUT2D eigenvalue weighted by Crippen LogP contribution is -2.35. The number of nitrogens with zero attached hydrogens (tertiary/aromatic N) is 4. The van der Waals surface area contributed by atoms with Crippen LogP contribution in [-0.2, 0) is 11.3 Å². The molecule has 0 unspecified atom stereocenters. The second kappa shape index (κ2) is 8.88. The highest BCUT2D eigenvalue weighted by Crippen LogP contribution is 2.31. The molecule has 0 radical (unpaired) electrons. The summed E-state index contributed by atoms with van der Waals surface area (Å²) in [7, 11) is 0. The van der Waals surface area contributed by atoms with Gasteiger partial charge in [-0.05, 0) is 42.5 Å². The Morgan fingerprint density at radius 1 is 1.18 bits per heavy atom. The van der Waals surface area contributed by atoms with E-state index < -0.39 is 5.91 Å². The molecule has 0 spiro atoms. The fourth-order valence-electron chi connectivity index (χ4n) is 3.72. The van der Waals surface area contributed by atoms with Crippen LogP contribution in [-0.4, -0.2) is 38.1 Å². The Hall–Kier alpha value is -3.36. The monoisotopic (exact) mass is 477 g/mol. The van der Waals surface area contributed by atoms with Crippen molar-refractivity contribution in [2.24, 2.45) is 10.1 Å². The van der Waals surface area contributed by atoms with Crippen LogP contribution in [0.15, 0.2) is 70.4 Å². The van der Waals surface area contributed by atoms with Crippen LogP contribution < -0.4 is 4.74 Å². The minimum absolute atomic E-state index is 0.0415. The van der Waals surface area contributed by atoms with Crippen molar-refractivity contribution in [3.05, 3.63) is 70.9 Å². The standard InChI is InChI=1S/C24H20ClN5O2S/c1-2-21-28-30-22(26)17(23(31)27-24(30)33-21)13-15-14-29(19-9-5-3-7-16(15)19)11-12-32-20-10-6-4-8-18(20)25/h3-10,13-14,26H,2,11-12H2,1H3/b17-13+,26-22?. The molecule has 0 aliphatic carbocycles. The van der Waals surface area contributed by atoms with Gasteiger partial charge >= 0.3 is 0 Å². The third kappa shape index (κ3) is 4.07. The molecule has 1 amide bonds. The fraction of sp³-hybridized carbons (Fsp3) is 0.167. The van der Waals surface area contributed by atoms with E-state index in [0.717, 1.165) is 27.9 Å². The molecule has 2 aliphatic heterocycles. The van der Waals surface area contributed by atoms with E-state index in [1.807, 2.05) is 55.6 Å². The quantitative estimate of drug-likeness (QED) is 0.481. The van der Waals surface area contributed by atoms with E-state index in [-0.39, 0.29) is 11.4 Å². The average Bonchev–Trinajstić information content (AvgIpc) is 3.39. The van der Waals surface area contributed by atoms with E-state index in [0.29, 0.717) is 29.1 Å². The van der Waals surface area contributed by atoms with E-state index in [9.17, 15) is 4.79 Å². The van der Waals surface area contributed by atoms with Crippen molar-refractivity contribution in [1.29, 1.82) is 5.41 Å². The van der Waals surface area contributed by atoms with Gasteiger partial charge in [0.25, 0.3) is 5.91 Å². The van der Waals surface area contributed by atoms with E-state index in [2.05, 4.69) is 14.7 Å². The number of aliphatic imine (C=N–C) groups is 1. The van der Waals surface area contributed by atoms with Crippen LogP contribution in [0.25, 0.3) is 17.0 Å². The zero-order valence-electron chi connectivity index (χ0n) is 17.8. The molecular weight excluding hydrogens is 458 g/mol. The number of nitrogens with one attached hydrogen (secondary N) is 1. The first-order chi connectivity index (χ1) is 16.0. The van der Waals surface area contributed by atoms with Gasteiger partial charge in [-0.2, -0.15) is 15.1 Å². The first kappa shape index (κ1) is 21.5. The molecule has 9 heteroatoms. The Kier molecular flexibility index (Phi) is 5.78. The molecule has 2 aliphatic rings. The number of ether oxygens (including phenoxy) is 1.